The van der Waals surface area contributed by atoms with Crippen molar-refractivity contribution in [1.82, 2.24) is 5.32 Å². The van der Waals surface area contributed by atoms with Crippen LogP contribution in [0.5, 0.6) is 0 Å². The average molecular weight is 263 g/mol. The van der Waals surface area contributed by atoms with Gasteiger partial charge in [0.15, 0.2) is 0 Å². The highest BCUT2D eigenvalue weighted by molar-refractivity contribution is 5.99. The first-order chi connectivity index (χ1) is 9.11. The molecule has 1 aliphatic carbocycles. The van der Waals surface area contributed by atoms with Crippen LogP contribution in [0.15, 0.2) is 18.2 Å². The first-order valence-corrected chi connectivity index (χ1v) is 6.36. The molecule has 1 fully saturated rings. The molecule has 0 spiro atoms. The van der Waals surface area contributed by atoms with E-state index in [2.05, 4.69) is 10.6 Å². The van der Waals surface area contributed by atoms with Crippen molar-refractivity contribution in [2.24, 2.45) is 5.92 Å². The van der Waals surface area contributed by atoms with Gasteiger partial charge in [-0.15, -0.1) is 0 Å². The van der Waals surface area contributed by atoms with E-state index in [4.69, 9.17) is 0 Å². The summed E-state index contributed by atoms with van der Waals surface area (Å²) in [7, 11) is 1.71. The molecular weight excluding hydrogens is 246 g/mol. The molecule has 0 unspecified atom stereocenters. The second kappa shape index (κ2) is 5.69. The zero-order chi connectivity index (χ0) is 13.8. The van der Waals surface area contributed by atoms with E-state index in [9.17, 15) is 14.9 Å². The third kappa shape index (κ3) is 3.01. The molecule has 0 aromatic heterocycles. The summed E-state index contributed by atoms with van der Waals surface area (Å²) in [6.45, 7) is 0.597. The van der Waals surface area contributed by atoms with E-state index in [0.29, 0.717) is 18.2 Å². The maximum absolute atomic E-state index is 12.0. The van der Waals surface area contributed by atoms with Gasteiger partial charge in [0.25, 0.3) is 11.6 Å². The number of hydrogen-bond donors (Lipinski definition) is 2. The second-order valence-corrected chi connectivity index (χ2v) is 4.75. The van der Waals surface area contributed by atoms with Crippen LogP contribution in [0.3, 0.4) is 0 Å². The number of nitro groups is 1. The number of carbonyl (C=O) groups excluding carboxylic acids is 1. The number of nitrogens with zero attached hydrogens (tertiary/aromatic N) is 1. The van der Waals surface area contributed by atoms with Gasteiger partial charge in [-0.25, -0.2) is 0 Å². The number of rotatable bonds is 5. The van der Waals surface area contributed by atoms with Gasteiger partial charge in [-0.1, -0.05) is 6.42 Å². The van der Waals surface area contributed by atoms with Crippen LogP contribution in [0.4, 0.5) is 11.4 Å². The molecule has 0 atom stereocenters. The minimum absolute atomic E-state index is 0.108. The monoisotopic (exact) mass is 263 g/mol. The van der Waals surface area contributed by atoms with Crippen molar-refractivity contribution in [2.75, 3.05) is 18.9 Å². The zero-order valence-corrected chi connectivity index (χ0v) is 10.8. The number of amides is 1. The Balaban J connectivity index is 2.14. The first kappa shape index (κ1) is 13.3. The predicted molar refractivity (Wildman–Crippen MR) is 72.3 cm³/mol. The van der Waals surface area contributed by atoms with E-state index in [-0.39, 0.29) is 17.2 Å². The molecule has 1 aromatic carbocycles. The fraction of sp³-hybridized carbons (Fsp3) is 0.462. The standard InChI is InChI=1S/C13H17N3O3/c1-14-10-5-6-12(16(18)19)11(7-10)13(17)15-8-9-3-2-4-9/h5-7,9,14H,2-4,8H2,1H3,(H,15,17). The number of anilines is 1. The van der Waals surface area contributed by atoms with Crippen molar-refractivity contribution in [2.45, 2.75) is 19.3 Å². The van der Waals surface area contributed by atoms with Crippen molar-refractivity contribution in [1.29, 1.82) is 0 Å². The Hall–Kier alpha value is -2.11. The molecular formula is C13H17N3O3. The van der Waals surface area contributed by atoms with Crippen molar-refractivity contribution < 1.29 is 9.72 Å². The lowest BCUT2D eigenvalue weighted by Crippen LogP contribution is -2.32. The summed E-state index contributed by atoms with van der Waals surface area (Å²) in [5, 5.41) is 16.6. The van der Waals surface area contributed by atoms with Crippen LogP contribution >= 0.6 is 0 Å². The molecule has 0 saturated heterocycles. The molecule has 1 amide bonds. The Morgan fingerprint density at radius 1 is 1.47 bits per heavy atom. The Labute approximate surface area is 111 Å². The topological polar surface area (TPSA) is 84.3 Å². The summed E-state index contributed by atoms with van der Waals surface area (Å²) in [5.74, 6) is 0.145. The van der Waals surface area contributed by atoms with Crippen LogP contribution in [0.1, 0.15) is 29.6 Å². The largest absolute Gasteiger partial charge is 0.388 e. The van der Waals surface area contributed by atoms with Gasteiger partial charge in [0, 0.05) is 25.3 Å². The number of carbonyl (C=O) groups is 1. The maximum atomic E-state index is 12.0. The van der Waals surface area contributed by atoms with Gasteiger partial charge in [-0.2, -0.15) is 0 Å². The van der Waals surface area contributed by atoms with Crippen LogP contribution in [-0.2, 0) is 0 Å². The summed E-state index contributed by atoms with van der Waals surface area (Å²) >= 11 is 0. The summed E-state index contributed by atoms with van der Waals surface area (Å²) in [4.78, 5) is 22.4. The van der Waals surface area contributed by atoms with Crippen LogP contribution < -0.4 is 10.6 Å². The Kier molecular flexibility index (Phi) is 3.99. The normalized spacial score (nSPS) is 14.6. The van der Waals surface area contributed by atoms with Crippen molar-refractivity contribution in [3.8, 4) is 0 Å². The predicted octanol–water partition coefficient (Wildman–Crippen LogP) is 2.17. The Morgan fingerprint density at radius 3 is 2.74 bits per heavy atom. The van der Waals surface area contributed by atoms with E-state index in [1.807, 2.05) is 0 Å². The molecule has 1 aromatic rings. The van der Waals surface area contributed by atoms with Crippen molar-refractivity contribution in [3.63, 3.8) is 0 Å². The van der Waals surface area contributed by atoms with Crippen LogP contribution in [0.2, 0.25) is 0 Å². The lowest BCUT2D eigenvalue weighted by Gasteiger charge is -2.25. The Bertz CT molecular complexity index is 498. The van der Waals surface area contributed by atoms with Crippen LogP contribution in [0, 0.1) is 16.0 Å². The average Bonchev–Trinajstić information content (AvgIpc) is 2.35. The molecule has 0 bridgehead atoms. The van der Waals surface area contributed by atoms with Gasteiger partial charge in [-0.3, -0.25) is 14.9 Å². The summed E-state index contributed by atoms with van der Waals surface area (Å²) in [6, 6.07) is 4.44. The molecule has 19 heavy (non-hydrogen) atoms. The summed E-state index contributed by atoms with van der Waals surface area (Å²) in [6.07, 6.45) is 3.45. The van der Waals surface area contributed by atoms with E-state index >= 15 is 0 Å². The third-order valence-corrected chi connectivity index (χ3v) is 3.50. The molecule has 1 saturated carbocycles. The summed E-state index contributed by atoms with van der Waals surface area (Å²) in [5.41, 5.74) is 0.626. The Morgan fingerprint density at radius 2 is 2.21 bits per heavy atom. The molecule has 2 rings (SSSR count). The molecule has 0 aliphatic heterocycles. The number of benzene rings is 1. The maximum Gasteiger partial charge on any atom is 0.282 e. The zero-order valence-electron chi connectivity index (χ0n) is 10.8. The molecule has 0 radical (unpaired) electrons. The minimum Gasteiger partial charge on any atom is -0.388 e. The van der Waals surface area contributed by atoms with E-state index in [1.165, 1.54) is 18.6 Å². The number of hydrogen-bond acceptors (Lipinski definition) is 4. The van der Waals surface area contributed by atoms with E-state index < -0.39 is 4.92 Å². The number of nitro benzene ring substituents is 1. The highest BCUT2D eigenvalue weighted by atomic mass is 16.6. The first-order valence-electron chi connectivity index (χ1n) is 6.36. The van der Waals surface area contributed by atoms with Crippen molar-refractivity contribution >= 4 is 17.3 Å². The van der Waals surface area contributed by atoms with Gasteiger partial charge >= 0.3 is 0 Å². The SMILES string of the molecule is CNc1ccc([N+](=O)[O-])c(C(=O)NCC2CCC2)c1. The van der Waals surface area contributed by atoms with Crippen LogP contribution in [0.25, 0.3) is 0 Å². The molecule has 2 N–H and O–H groups in total. The fourth-order valence-corrected chi connectivity index (χ4v) is 2.06. The quantitative estimate of drug-likeness (QED) is 0.629. The van der Waals surface area contributed by atoms with Gasteiger partial charge < -0.3 is 10.6 Å². The molecule has 0 heterocycles. The third-order valence-electron chi connectivity index (χ3n) is 3.50. The van der Waals surface area contributed by atoms with Gasteiger partial charge in [-0.05, 0) is 30.9 Å². The van der Waals surface area contributed by atoms with E-state index in [1.54, 1.807) is 13.1 Å². The van der Waals surface area contributed by atoms with Gasteiger partial charge in [0.2, 0.25) is 0 Å². The molecule has 6 heteroatoms. The molecule has 6 nitrogen and oxygen atoms in total. The second-order valence-electron chi connectivity index (χ2n) is 4.75. The smallest absolute Gasteiger partial charge is 0.282 e. The lowest BCUT2D eigenvalue weighted by molar-refractivity contribution is -0.385. The van der Waals surface area contributed by atoms with E-state index in [0.717, 1.165) is 12.8 Å². The molecule has 1 aliphatic rings. The minimum atomic E-state index is -0.530. The van der Waals surface area contributed by atoms with Crippen LogP contribution in [-0.4, -0.2) is 24.4 Å². The molecule has 102 valence electrons. The fourth-order valence-electron chi connectivity index (χ4n) is 2.06. The lowest BCUT2D eigenvalue weighted by atomic mass is 9.85. The highest BCUT2D eigenvalue weighted by Gasteiger charge is 2.23. The summed E-state index contributed by atoms with van der Waals surface area (Å²) < 4.78 is 0. The highest BCUT2D eigenvalue weighted by Crippen LogP contribution is 2.26. The number of nitrogens with one attached hydrogen (secondary N) is 2. The van der Waals surface area contributed by atoms with Gasteiger partial charge in [0.05, 0.1) is 4.92 Å². The van der Waals surface area contributed by atoms with Crippen molar-refractivity contribution in [3.05, 3.63) is 33.9 Å². The van der Waals surface area contributed by atoms with Gasteiger partial charge in [0.1, 0.15) is 5.56 Å².